The summed E-state index contributed by atoms with van der Waals surface area (Å²) in [6.07, 6.45) is 2.28. The summed E-state index contributed by atoms with van der Waals surface area (Å²) >= 11 is 0. The first-order valence-electron chi connectivity index (χ1n) is 8.91. The minimum absolute atomic E-state index is 0.189. The van der Waals surface area contributed by atoms with E-state index >= 15 is 0 Å². The standard InChI is InChI=1S/C20H26N4O/c1-13-7-9-24(10-8-13)20-21-16(4)12-18(23-20)19(25)22-17-11-14(2)5-6-15(17)3/h5-6,11-13H,7-10H2,1-4H3,(H,22,25). The lowest BCUT2D eigenvalue weighted by Gasteiger charge is -2.30. The summed E-state index contributed by atoms with van der Waals surface area (Å²) < 4.78 is 0. The van der Waals surface area contributed by atoms with Crippen molar-refractivity contribution in [3.8, 4) is 0 Å². The van der Waals surface area contributed by atoms with E-state index in [0.717, 1.165) is 54.4 Å². The summed E-state index contributed by atoms with van der Waals surface area (Å²) in [5, 5.41) is 2.98. The summed E-state index contributed by atoms with van der Waals surface area (Å²) in [5.74, 6) is 1.22. The predicted octanol–water partition coefficient (Wildman–Crippen LogP) is 3.89. The highest BCUT2D eigenvalue weighted by Crippen LogP contribution is 2.21. The van der Waals surface area contributed by atoms with Crippen LogP contribution in [0.1, 0.15) is 47.1 Å². The molecule has 0 spiro atoms. The first kappa shape index (κ1) is 17.4. The molecule has 0 aliphatic carbocycles. The molecule has 0 atom stereocenters. The van der Waals surface area contributed by atoms with Crippen molar-refractivity contribution in [3.63, 3.8) is 0 Å². The number of benzene rings is 1. The fourth-order valence-corrected chi connectivity index (χ4v) is 3.08. The Morgan fingerprint density at radius 3 is 2.56 bits per heavy atom. The molecule has 1 aliphatic rings. The summed E-state index contributed by atoms with van der Waals surface area (Å²) in [4.78, 5) is 24.0. The highest BCUT2D eigenvalue weighted by atomic mass is 16.1. The van der Waals surface area contributed by atoms with Gasteiger partial charge in [0.25, 0.3) is 5.91 Å². The summed E-state index contributed by atoms with van der Waals surface area (Å²) in [6.45, 7) is 10.1. The first-order valence-corrected chi connectivity index (χ1v) is 8.91. The van der Waals surface area contributed by atoms with Crippen molar-refractivity contribution in [2.75, 3.05) is 23.3 Å². The molecule has 3 rings (SSSR count). The van der Waals surface area contributed by atoms with Crippen molar-refractivity contribution < 1.29 is 4.79 Å². The highest BCUT2D eigenvalue weighted by Gasteiger charge is 2.20. The van der Waals surface area contributed by atoms with Crippen LogP contribution < -0.4 is 10.2 Å². The maximum Gasteiger partial charge on any atom is 0.274 e. The Labute approximate surface area is 149 Å². The van der Waals surface area contributed by atoms with Crippen molar-refractivity contribution in [3.05, 3.63) is 46.8 Å². The molecule has 5 heteroatoms. The Morgan fingerprint density at radius 1 is 1.12 bits per heavy atom. The molecule has 1 saturated heterocycles. The molecule has 0 unspecified atom stereocenters. The normalized spacial score (nSPS) is 15.3. The van der Waals surface area contributed by atoms with Crippen molar-refractivity contribution in [2.24, 2.45) is 5.92 Å². The van der Waals surface area contributed by atoms with Crippen LogP contribution in [-0.2, 0) is 0 Å². The van der Waals surface area contributed by atoms with Gasteiger partial charge in [0.1, 0.15) is 5.69 Å². The van der Waals surface area contributed by atoms with E-state index in [1.165, 1.54) is 0 Å². The van der Waals surface area contributed by atoms with Crippen molar-refractivity contribution >= 4 is 17.5 Å². The van der Waals surface area contributed by atoms with Gasteiger partial charge in [0.05, 0.1) is 0 Å². The molecule has 1 aromatic carbocycles. The largest absolute Gasteiger partial charge is 0.341 e. The van der Waals surface area contributed by atoms with Gasteiger partial charge in [0, 0.05) is 24.5 Å². The Kier molecular flexibility index (Phi) is 5.02. The zero-order valence-corrected chi connectivity index (χ0v) is 15.5. The second-order valence-corrected chi connectivity index (χ2v) is 7.14. The lowest BCUT2D eigenvalue weighted by molar-refractivity contribution is 0.102. The van der Waals surface area contributed by atoms with Gasteiger partial charge >= 0.3 is 0 Å². The van der Waals surface area contributed by atoms with Crippen LogP contribution in [-0.4, -0.2) is 29.0 Å². The molecule has 0 radical (unpaired) electrons. The number of hydrogen-bond acceptors (Lipinski definition) is 4. The van der Waals surface area contributed by atoms with Crippen molar-refractivity contribution in [2.45, 2.75) is 40.5 Å². The van der Waals surface area contributed by atoms with Gasteiger partial charge in [-0.2, -0.15) is 0 Å². The van der Waals surface area contributed by atoms with Gasteiger partial charge in [-0.3, -0.25) is 4.79 Å². The maximum atomic E-state index is 12.7. The Bertz CT molecular complexity index is 779. The van der Waals surface area contributed by atoms with Crippen LogP contribution in [0.3, 0.4) is 0 Å². The molecule has 1 amide bonds. The van der Waals surface area contributed by atoms with Gasteiger partial charge in [0.15, 0.2) is 0 Å². The number of carbonyl (C=O) groups is 1. The number of nitrogens with one attached hydrogen (secondary N) is 1. The lowest BCUT2D eigenvalue weighted by atomic mass is 10.00. The molecule has 5 nitrogen and oxygen atoms in total. The summed E-state index contributed by atoms with van der Waals surface area (Å²) in [7, 11) is 0. The molecule has 2 heterocycles. The van der Waals surface area contributed by atoms with Gasteiger partial charge < -0.3 is 10.2 Å². The van der Waals surface area contributed by atoms with E-state index in [9.17, 15) is 4.79 Å². The molecule has 0 bridgehead atoms. The summed E-state index contributed by atoms with van der Waals surface area (Å²) in [5.41, 5.74) is 4.21. The minimum Gasteiger partial charge on any atom is -0.341 e. The quantitative estimate of drug-likeness (QED) is 0.922. The van der Waals surface area contributed by atoms with Crippen LogP contribution in [0.4, 0.5) is 11.6 Å². The average molecular weight is 338 g/mol. The zero-order chi connectivity index (χ0) is 18.0. The number of anilines is 2. The molecular weight excluding hydrogens is 312 g/mol. The van der Waals surface area contributed by atoms with E-state index in [0.29, 0.717) is 11.6 Å². The fourth-order valence-electron chi connectivity index (χ4n) is 3.08. The van der Waals surface area contributed by atoms with Gasteiger partial charge in [-0.05, 0) is 62.8 Å². The van der Waals surface area contributed by atoms with Gasteiger partial charge in [-0.15, -0.1) is 0 Å². The zero-order valence-electron chi connectivity index (χ0n) is 15.5. The van der Waals surface area contributed by atoms with Crippen molar-refractivity contribution in [1.82, 2.24) is 9.97 Å². The third kappa shape index (κ3) is 4.16. The molecule has 2 aromatic rings. The van der Waals surface area contributed by atoms with Crippen LogP contribution in [0.25, 0.3) is 0 Å². The number of aromatic nitrogens is 2. The molecule has 1 fully saturated rings. The third-order valence-corrected chi connectivity index (χ3v) is 4.78. The van der Waals surface area contributed by atoms with Crippen LogP contribution >= 0.6 is 0 Å². The molecule has 1 aromatic heterocycles. The van der Waals surface area contributed by atoms with Crippen LogP contribution in [0.2, 0.25) is 0 Å². The monoisotopic (exact) mass is 338 g/mol. The SMILES string of the molecule is Cc1ccc(C)c(NC(=O)c2cc(C)nc(N3CCC(C)CC3)n2)c1. The average Bonchev–Trinajstić information content (AvgIpc) is 2.58. The number of hydrogen-bond donors (Lipinski definition) is 1. The molecule has 25 heavy (non-hydrogen) atoms. The Morgan fingerprint density at radius 2 is 1.84 bits per heavy atom. The van der Waals surface area contributed by atoms with E-state index in [4.69, 9.17) is 0 Å². The number of amides is 1. The van der Waals surface area contributed by atoms with E-state index in [2.05, 4.69) is 27.1 Å². The second-order valence-electron chi connectivity index (χ2n) is 7.14. The molecular formula is C20H26N4O. The van der Waals surface area contributed by atoms with Crippen LogP contribution in [0.5, 0.6) is 0 Å². The molecule has 0 saturated carbocycles. The summed E-state index contributed by atoms with van der Waals surface area (Å²) in [6, 6.07) is 7.77. The van der Waals surface area contributed by atoms with Gasteiger partial charge in [-0.25, -0.2) is 9.97 Å². The second kappa shape index (κ2) is 7.21. The van der Waals surface area contributed by atoms with E-state index in [-0.39, 0.29) is 5.91 Å². The van der Waals surface area contributed by atoms with E-state index < -0.39 is 0 Å². The lowest BCUT2D eigenvalue weighted by Crippen LogP contribution is -2.34. The van der Waals surface area contributed by atoms with E-state index in [1.54, 1.807) is 6.07 Å². The fraction of sp³-hybridized carbons (Fsp3) is 0.450. The first-order chi connectivity index (χ1) is 11.9. The van der Waals surface area contributed by atoms with Crippen LogP contribution in [0, 0.1) is 26.7 Å². The number of nitrogens with zero attached hydrogens (tertiary/aromatic N) is 3. The predicted molar refractivity (Wildman–Crippen MR) is 101 cm³/mol. The maximum absolute atomic E-state index is 12.7. The van der Waals surface area contributed by atoms with Gasteiger partial charge in [-0.1, -0.05) is 19.1 Å². The number of aryl methyl sites for hydroxylation is 3. The highest BCUT2D eigenvalue weighted by molar-refractivity contribution is 6.03. The number of carbonyl (C=O) groups excluding carboxylic acids is 1. The minimum atomic E-state index is -0.189. The smallest absolute Gasteiger partial charge is 0.274 e. The van der Waals surface area contributed by atoms with Crippen LogP contribution in [0.15, 0.2) is 24.3 Å². The molecule has 1 N–H and O–H groups in total. The topological polar surface area (TPSA) is 58.1 Å². The molecule has 132 valence electrons. The Balaban J connectivity index is 1.82. The number of rotatable bonds is 3. The van der Waals surface area contributed by atoms with Gasteiger partial charge in [0.2, 0.25) is 5.95 Å². The molecule has 1 aliphatic heterocycles. The third-order valence-electron chi connectivity index (χ3n) is 4.78. The Hall–Kier alpha value is -2.43. The number of piperidine rings is 1. The van der Waals surface area contributed by atoms with Crippen molar-refractivity contribution in [1.29, 1.82) is 0 Å². The van der Waals surface area contributed by atoms with E-state index in [1.807, 2.05) is 39.0 Å².